The van der Waals surface area contributed by atoms with Gasteiger partial charge >= 0.3 is 0 Å². The molecule has 1 heterocycles. The normalized spacial score (nSPS) is 26.0. The molecule has 0 spiro atoms. The molecule has 0 saturated heterocycles. The summed E-state index contributed by atoms with van der Waals surface area (Å²) in [6.45, 7) is 7.03. The van der Waals surface area contributed by atoms with Crippen molar-refractivity contribution in [1.29, 1.82) is 0 Å². The average molecular weight is 311 g/mol. The fraction of sp³-hybridized carbons (Fsp3) is 0.667. The van der Waals surface area contributed by atoms with Crippen molar-refractivity contribution in [2.45, 2.75) is 51.0 Å². The number of pyridine rings is 1. The van der Waals surface area contributed by atoms with E-state index in [0.29, 0.717) is 24.2 Å². The van der Waals surface area contributed by atoms with Crippen LogP contribution in [0.1, 0.15) is 40.0 Å². The second kappa shape index (κ2) is 6.75. The first kappa shape index (κ1) is 16.2. The molecule has 0 amide bonds. The van der Waals surface area contributed by atoms with Crippen LogP contribution in [0.15, 0.2) is 23.2 Å². The standard InChI is InChI=1S/C15H25N3O2S/c1-4-9-16-15-14(6-5-10-17-15)21(19,20)18-13-8-7-11(2)12(13)3/h5-6,10-13,18H,4,7-9H2,1-3H3,(H,16,17). The summed E-state index contributed by atoms with van der Waals surface area (Å²) in [6, 6.07) is 3.28. The lowest BCUT2D eigenvalue weighted by Crippen LogP contribution is -2.37. The Morgan fingerprint density at radius 2 is 2.10 bits per heavy atom. The molecule has 0 radical (unpaired) electrons. The van der Waals surface area contributed by atoms with Gasteiger partial charge in [0.15, 0.2) is 0 Å². The minimum absolute atomic E-state index is 0.0178. The Hall–Kier alpha value is -1.14. The van der Waals surface area contributed by atoms with Crippen molar-refractivity contribution in [3.8, 4) is 0 Å². The molecule has 1 aliphatic carbocycles. The van der Waals surface area contributed by atoms with Gasteiger partial charge in [0.2, 0.25) is 10.0 Å². The van der Waals surface area contributed by atoms with Crippen LogP contribution in [0.3, 0.4) is 0 Å². The van der Waals surface area contributed by atoms with E-state index < -0.39 is 10.0 Å². The van der Waals surface area contributed by atoms with Crippen molar-refractivity contribution in [3.63, 3.8) is 0 Å². The fourth-order valence-electron chi connectivity index (χ4n) is 2.78. The summed E-state index contributed by atoms with van der Waals surface area (Å²) < 4.78 is 28.1. The molecule has 2 N–H and O–H groups in total. The molecule has 21 heavy (non-hydrogen) atoms. The van der Waals surface area contributed by atoms with Crippen LogP contribution in [0.4, 0.5) is 5.82 Å². The van der Waals surface area contributed by atoms with E-state index in [0.717, 1.165) is 19.3 Å². The van der Waals surface area contributed by atoms with E-state index >= 15 is 0 Å². The SMILES string of the molecule is CCCNc1ncccc1S(=O)(=O)NC1CCC(C)C1C. The summed E-state index contributed by atoms with van der Waals surface area (Å²) in [5, 5.41) is 3.08. The van der Waals surface area contributed by atoms with E-state index in [1.165, 1.54) is 0 Å². The zero-order valence-electron chi connectivity index (χ0n) is 13.0. The third-order valence-electron chi connectivity index (χ3n) is 4.37. The van der Waals surface area contributed by atoms with Crippen LogP contribution in [0.2, 0.25) is 0 Å². The van der Waals surface area contributed by atoms with Crippen LogP contribution < -0.4 is 10.0 Å². The van der Waals surface area contributed by atoms with Gasteiger partial charge in [-0.25, -0.2) is 18.1 Å². The van der Waals surface area contributed by atoms with Crippen LogP contribution in [-0.4, -0.2) is 26.0 Å². The number of nitrogens with one attached hydrogen (secondary N) is 2. The predicted molar refractivity (Wildman–Crippen MR) is 84.7 cm³/mol. The van der Waals surface area contributed by atoms with Gasteiger partial charge in [-0.3, -0.25) is 0 Å². The highest BCUT2D eigenvalue weighted by Crippen LogP contribution is 2.32. The van der Waals surface area contributed by atoms with E-state index in [2.05, 4.69) is 28.9 Å². The minimum Gasteiger partial charge on any atom is -0.369 e. The number of nitrogens with zero attached hydrogens (tertiary/aromatic N) is 1. The first-order valence-corrected chi connectivity index (χ1v) is 9.15. The third kappa shape index (κ3) is 3.74. The van der Waals surface area contributed by atoms with E-state index in [-0.39, 0.29) is 10.9 Å². The maximum absolute atomic E-state index is 12.6. The smallest absolute Gasteiger partial charge is 0.244 e. The molecule has 1 saturated carbocycles. The molecule has 1 aromatic heterocycles. The number of hydrogen-bond acceptors (Lipinski definition) is 4. The maximum Gasteiger partial charge on any atom is 0.244 e. The van der Waals surface area contributed by atoms with Crippen LogP contribution in [-0.2, 0) is 10.0 Å². The lowest BCUT2D eigenvalue weighted by molar-refractivity contribution is 0.402. The molecule has 118 valence electrons. The van der Waals surface area contributed by atoms with E-state index in [1.807, 2.05) is 6.92 Å². The second-order valence-corrected chi connectivity index (χ2v) is 7.60. The topological polar surface area (TPSA) is 71.1 Å². The Kier molecular flexibility index (Phi) is 5.22. The molecular weight excluding hydrogens is 286 g/mol. The maximum atomic E-state index is 12.6. The first-order chi connectivity index (χ1) is 9.95. The van der Waals surface area contributed by atoms with E-state index in [4.69, 9.17) is 0 Å². The van der Waals surface area contributed by atoms with Gasteiger partial charge in [0, 0.05) is 18.8 Å². The van der Waals surface area contributed by atoms with E-state index in [1.54, 1.807) is 18.3 Å². The Bertz CT molecular complexity index is 574. The van der Waals surface area contributed by atoms with Crippen molar-refractivity contribution in [1.82, 2.24) is 9.71 Å². The predicted octanol–water partition coefficient (Wildman–Crippen LogP) is 2.62. The highest BCUT2D eigenvalue weighted by Gasteiger charge is 2.33. The van der Waals surface area contributed by atoms with Crippen LogP contribution in [0, 0.1) is 11.8 Å². The summed E-state index contributed by atoms with van der Waals surface area (Å²) in [5.74, 6) is 1.36. The van der Waals surface area contributed by atoms with Gasteiger partial charge in [0.1, 0.15) is 10.7 Å². The number of sulfonamides is 1. The van der Waals surface area contributed by atoms with Gasteiger partial charge in [0.25, 0.3) is 0 Å². The number of aromatic nitrogens is 1. The summed E-state index contributed by atoms with van der Waals surface area (Å²) in [6.07, 6.45) is 4.50. The van der Waals surface area contributed by atoms with Gasteiger partial charge in [-0.15, -0.1) is 0 Å². The number of hydrogen-bond donors (Lipinski definition) is 2. The third-order valence-corrected chi connectivity index (χ3v) is 5.90. The molecule has 1 aliphatic rings. The van der Waals surface area contributed by atoms with Gasteiger partial charge in [-0.2, -0.15) is 0 Å². The van der Waals surface area contributed by atoms with Crippen LogP contribution in [0.5, 0.6) is 0 Å². The summed E-state index contributed by atoms with van der Waals surface area (Å²) in [4.78, 5) is 4.40. The lowest BCUT2D eigenvalue weighted by atomic mass is 9.98. The summed E-state index contributed by atoms with van der Waals surface area (Å²) in [7, 11) is -3.54. The Labute approximate surface area is 127 Å². The Balaban J connectivity index is 2.20. The summed E-state index contributed by atoms with van der Waals surface area (Å²) >= 11 is 0. The van der Waals surface area contributed by atoms with Crippen LogP contribution in [0.25, 0.3) is 0 Å². The molecular formula is C15H25N3O2S. The van der Waals surface area contributed by atoms with Crippen LogP contribution >= 0.6 is 0 Å². The summed E-state index contributed by atoms with van der Waals surface area (Å²) in [5.41, 5.74) is 0. The molecule has 6 heteroatoms. The first-order valence-electron chi connectivity index (χ1n) is 7.67. The van der Waals surface area contributed by atoms with Gasteiger partial charge in [-0.05, 0) is 43.2 Å². The lowest BCUT2D eigenvalue weighted by Gasteiger charge is -2.20. The molecule has 3 atom stereocenters. The molecule has 1 fully saturated rings. The Morgan fingerprint density at radius 1 is 1.33 bits per heavy atom. The Morgan fingerprint density at radius 3 is 2.71 bits per heavy atom. The fourth-order valence-corrected chi connectivity index (χ4v) is 4.27. The minimum atomic E-state index is -3.54. The number of rotatable bonds is 6. The molecule has 0 aliphatic heterocycles. The van der Waals surface area contributed by atoms with Gasteiger partial charge < -0.3 is 5.32 Å². The monoisotopic (exact) mass is 311 g/mol. The molecule has 2 rings (SSSR count). The van der Waals surface area contributed by atoms with Crippen molar-refractivity contribution in [3.05, 3.63) is 18.3 Å². The second-order valence-electron chi connectivity index (χ2n) is 5.92. The quantitative estimate of drug-likeness (QED) is 0.847. The molecule has 5 nitrogen and oxygen atoms in total. The van der Waals surface area contributed by atoms with Gasteiger partial charge in [0.05, 0.1) is 0 Å². The number of anilines is 1. The van der Waals surface area contributed by atoms with Crippen molar-refractivity contribution < 1.29 is 8.42 Å². The molecule has 1 aromatic rings. The van der Waals surface area contributed by atoms with Gasteiger partial charge in [-0.1, -0.05) is 20.8 Å². The largest absolute Gasteiger partial charge is 0.369 e. The molecule has 3 unspecified atom stereocenters. The molecule has 0 aromatic carbocycles. The molecule has 0 bridgehead atoms. The highest BCUT2D eigenvalue weighted by atomic mass is 32.2. The van der Waals surface area contributed by atoms with Crippen molar-refractivity contribution in [2.24, 2.45) is 11.8 Å². The van der Waals surface area contributed by atoms with Crippen molar-refractivity contribution in [2.75, 3.05) is 11.9 Å². The van der Waals surface area contributed by atoms with E-state index in [9.17, 15) is 8.42 Å². The zero-order chi connectivity index (χ0) is 15.5. The average Bonchev–Trinajstić information content (AvgIpc) is 2.77. The highest BCUT2D eigenvalue weighted by molar-refractivity contribution is 7.89. The zero-order valence-corrected chi connectivity index (χ0v) is 13.8. The van der Waals surface area contributed by atoms with Crippen molar-refractivity contribution >= 4 is 15.8 Å².